The van der Waals surface area contributed by atoms with Crippen molar-refractivity contribution in [3.8, 4) is 16.9 Å². The number of nitrogens with zero attached hydrogens (tertiary/aromatic N) is 1. The fraction of sp³-hybridized carbons (Fsp3) is 0.143. The Bertz CT molecular complexity index is 1060. The van der Waals surface area contributed by atoms with Gasteiger partial charge in [0.15, 0.2) is 0 Å². The van der Waals surface area contributed by atoms with Crippen LogP contribution < -0.4 is 9.64 Å². The molecule has 4 heteroatoms. The Morgan fingerprint density at radius 2 is 1.68 bits per heavy atom. The molecule has 0 amide bonds. The van der Waals surface area contributed by atoms with E-state index in [0.29, 0.717) is 0 Å². The lowest BCUT2D eigenvalue weighted by Gasteiger charge is -2.15. The zero-order valence-electron chi connectivity index (χ0n) is 14.3. The molecule has 4 rings (SSSR count). The first-order valence-corrected chi connectivity index (χ1v) is 8.83. The molecule has 1 heterocycles. The Morgan fingerprint density at radius 3 is 2.36 bits per heavy atom. The molecule has 0 radical (unpaired) electrons. The summed E-state index contributed by atoms with van der Waals surface area (Å²) >= 11 is 3.51. The number of ether oxygens (including phenoxy) is 1. The van der Waals surface area contributed by atoms with Gasteiger partial charge < -0.3 is 14.1 Å². The van der Waals surface area contributed by atoms with Crippen LogP contribution in [0.4, 0.5) is 5.69 Å². The predicted octanol–water partition coefficient (Wildman–Crippen LogP) is 6.09. The van der Waals surface area contributed by atoms with Crippen LogP contribution >= 0.6 is 15.9 Å². The lowest BCUT2D eigenvalue weighted by Crippen LogP contribution is -2.08. The number of fused-ring (bicyclic) bond motifs is 3. The summed E-state index contributed by atoms with van der Waals surface area (Å²) in [7, 11) is 5.76. The SMILES string of the molecule is COc1ccc2oc3cc(N(C)C)cc(-c4ccc(Br)cc4)c3c2c1. The van der Waals surface area contributed by atoms with Crippen LogP contribution in [0.1, 0.15) is 0 Å². The number of hydrogen-bond acceptors (Lipinski definition) is 3. The minimum atomic E-state index is 0.827. The molecule has 0 saturated carbocycles. The Hall–Kier alpha value is -2.46. The summed E-state index contributed by atoms with van der Waals surface area (Å²) in [5.74, 6) is 0.827. The molecule has 0 N–H and O–H groups in total. The third-order valence-electron chi connectivity index (χ3n) is 4.43. The third-order valence-corrected chi connectivity index (χ3v) is 4.96. The molecule has 0 aliphatic heterocycles. The second kappa shape index (κ2) is 6.12. The summed E-state index contributed by atoms with van der Waals surface area (Å²) in [6, 6.07) is 18.6. The molecular formula is C21H18BrNO2. The van der Waals surface area contributed by atoms with Crippen LogP contribution in [0.3, 0.4) is 0 Å². The first-order valence-electron chi connectivity index (χ1n) is 8.04. The Labute approximate surface area is 154 Å². The van der Waals surface area contributed by atoms with E-state index in [1.54, 1.807) is 7.11 Å². The van der Waals surface area contributed by atoms with E-state index in [0.717, 1.165) is 49.0 Å². The fourth-order valence-corrected chi connectivity index (χ4v) is 3.38. The molecule has 4 aromatic rings. The van der Waals surface area contributed by atoms with Gasteiger partial charge in [0.2, 0.25) is 0 Å². The molecule has 3 aromatic carbocycles. The van der Waals surface area contributed by atoms with Crippen molar-refractivity contribution < 1.29 is 9.15 Å². The number of methoxy groups -OCH3 is 1. The molecule has 0 fully saturated rings. The second-order valence-electron chi connectivity index (χ2n) is 6.23. The van der Waals surface area contributed by atoms with Crippen LogP contribution in [0.15, 0.2) is 63.5 Å². The van der Waals surface area contributed by atoms with Crippen LogP contribution in [0.5, 0.6) is 5.75 Å². The lowest BCUT2D eigenvalue weighted by molar-refractivity contribution is 0.415. The van der Waals surface area contributed by atoms with Gasteiger partial charge in [-0.1, -0.05) is 28.1 Å². The number of anilines is 1. The van der Waals surface area contributed by atoms with Gasteiger partial charge in [-0.15, -0.1) is 0 Å². The number of furan rings is 1. The monoisotopic (exact) mass is 395 g/mol. The maximum absolute atomic E-state index is 6.14. The van der Waals surface area contributed by atoms with E-state index in [4.69, 9.17) is 9.15 Å². The molecule has 0 saturated heterocycles. The van der Waals surface area contributed by atoms with E-state index in [1.165, 1.54) is 0 Å². The molecular weight excluding hydrogens is 378 g/mol. The van der Waals surface area contributed by atoms with Crippen molar-refractivity contribution in [3.63, 3.8) is 0 Å². The highest BCUT2D eigenvalue weighted by atomic mass is 79.9. The van der Waals surface area contributed by atoms with E-state index in [2.05, 4.69) is 57.2 Å². The largest absolute Gasteiger partial charge is 0.497 e. The maximum Gasteiger partial charge on any atom is 0.138 e. The molecule has 25 heavy (non-hydrogen) atoms. The van der Waals surface area contributed by atoms with Crippen molar-refractivity contribution in [1.82, 2.24) is 0 Å². The summed E-state index contributed by atoms with van der Waals surface area (Å²) in [6.07, 6.45) is 0. The molecule has 0 atom stereocenters. The van der Waals surface area contributed by atoms with Crippen molar-refractivity contribution in [2.24, 2.45) is 0 Å². The predicted molar refractivity (Wildman–Crippen MR) is 108 cm³/mol. The van der Waals surface area contributed by atoms with Crippen LogP contribution in [-0.2, 0) is 0 Å². The molecule has 1 aromatic heterocycles. The molecule has 126 valence electrons. The summed E-state index contributed by atoms with van der Waals surface area (Å²) in [5, 5.41) is 2.18. The summed E-state index contributed by atoms with van der Waals surface area (Å²) in [5.41, 5.74) is 5.16. The van der Waals surface area contributed by atoms with Gasteiger partial charge in [-0.25, -0.2) is 0 Å². The van der Waals surface area contributed by atoms with Gasteiger partial charge in [-0.2, -0.15) is 0 Å². The molecule has 0 unspecified atom stereocenters. The van der Waals surface area contributed by atoms with Crippen molar-refractivity contribution in [3.05, 3.63) is 59.1 Å². The molecule has 0 spiro atoms. The van der Waals surface area contributed by atoms with Crippen molar-refractivity contribution in [2.45, 2.75) is 0 Å². The van der Waals surface area contributed by atoms with Gasteiger partial charge in [-0.05, 0) is 47.5 Å². The van der Waals surface area contributed by atoms with E-state index in [-0.39, 0.29) is 0 Å². The van der Waals surface area contributed by atoms with Gasteiger partial charge in [0.25, 0.3) is 0 Å². The molecule has 0 aliphatic rings. The third kappa shape index (κ3) is 2.76. The first kappa shape index (κ1) is 16.0. The Morgan fingerprint density at radius 1 is 0.920 bits per heavy atom. The number of hydrogen-bond donors (Lipinski definition) is 0. The van der Waals surface area contributed by atoms with Crippen LogP contribution in [0.25, 0.3) is 33.1 Å². The van der Waals surface area contributed by atoms with E-state index < -0.39 is 0 Å². The van der Waals surface area contributed by atoms with Crippen molar-refractivity contribution >= 4 is 43.6 Å². The smallest absolute Gasteiger partial charge is 0.138 e. The van der Waals surface area contributed by atoms with Crippen molar-refractivity contribution in [2.75, 3.05) is 26.1 Å². The van der Waals surface area contributed by atoms with Gasteiger partial charge in [0, 0.05) is 41.1 Å². The van der Waals surface area contributed by atoms with E-state index in [1.807, 2.05) is 32.3 Å². The number of rotatable bonds is 3. The first-order chi connectivity index (χ1) is 12.1. The highest BCUT2D eigenvalue weighted by molar-refractivity contribution is 9.10. The van der Waals surface area contributed by atoms with Gasteiger partial charge in [0.1, 0.15) is 16.9 Å². The summed E-state index contributed by atoms with van der Waals surface area (Å²) < 4.78 is 12.6. The average Bonchev–Trinajstić information content (AvgIpc) is 2.99. The van der Waals surface area contributed by atoms with Crippen molar-refractivity contribution in [1.29, 1.82) is 0 Å². The van der Waals surface area contributed by atoms with Gasteiger partial charge in [0.05, 0.1) is 7.11 Å². The quantitative estimate of drug-likeness (QED) is 0.419. The average molecular weight is 396 g/mol. The minimum absolute atomic E-state index is 0.827. The maximum atomic E-state index is 6.14. The standard InChI is InChI=1S/C21H18BrNO2/c1-23(2)15-10-17(13-4-6-14(22)7-5-13)21-18-12-16(24-3)8-9-19(18)25-20(21)11-15/h4-12H,1-3H3. The fourth-order valence-electron chi connectivity index (χ4n) is 3.11. The Kier molecular flexibility index (Phi) is 3.92. The molecule has 3 nitrogen and oxygen atoms in total. The Balaban J connectivity index is 2.10. The lowest BCUT2D eigenvalue weighted by atomic mass is 9.98. The van der Waals surface area contributed by atoms with E-state index >= 15 is 0 Å². The molecule has 0 aliphatic carbocycles. The number of benzene rings is 3. The van der Waals surface area contributed by atoms with E-state index in [9.17, 15) is 0 Å². The highest BCUT2D eigenvalue weighted by Crippen LogP contribution is 2.40. The zero-order valence-corrected chi connectivity index (χ0v) is 15.9. The van der Waals surface area contributed by atoms with Crippen LogP contribution in [-0.4, -0.2) is 21.2 Å². The number of halogens is 1. The topological polar surface area (TPSA) is 25.6 Å². The molecule has 0 bridgehead atoms. The second-order valence-corrected chi connectivity index (χ2v) is 7.15. The van der Waals surface area contributed by atoms with Gasteiger partial charge in [-0.3, -0.25) is 0 Å². The summed E-state index contributed by atoms with van der Waals surface area (Å²) in [4.78, 5) is 2.09. The van der Waals surface area contributed by atoms with Crippen LogP contribution in [0.2, 0.25) is 0 Å². The van der Waals surface area contributed by atoms with Gasteiger partial charge >= 0.3 is 0 Å². The highest BCUT2D eigenvalue weighted by Gasteiger charge is 2.15. The summed E-state index contributed by atoms with van der Waals surface area (Å²) in [6.45, 7) is 0. The minimum Gasteiger partial charge on any atom is -0.497 e. The normalized spacial score (nSPS) is 11.2. The zero-order chi connectivity index (χ0) is 17.6. The van der Waals surface area contributed by atoms with Crippen LogP contribution in [0, 0.1) is 0 Å².